The van der Waals surface area contributed by atoms with E-state index in [4.69, 9.17) is 0 Å². The molecule has 6 nitrogen and oxygen atoms in total. The van der Waals surface area contributed by atoms with Gasteiger partial charge in [-0.2, -0.15) is 0 Å². The monoisotopic (exact) mass is 366 g/mol. The summed E-state index contributed by atoms with van der Waals surface area (Å²) < 4.78 is 0. The van der Waals surface area contributed by atoms with Crippen LogP contribution >= 0.6 is 0 Å². The Bertz CT molecular complexity index is 820. The number of amides is 3. The summed E-state index contributed by atoms with van der Waals surface area (Å²) >= 11 is 0. The van der Waals surface area contributed by atoms with Crippen molar-refractivity contribution in [2.24, 2.45) is 5.92 Å². The minimum Gasteiger partial charge on any atom is -0.336 e. The van der Waals surface area contributed by atoms with E-state index in [1.165, 1.54) is 0 Å². The molecule has 0 unspecified atom stereocenters. The first kappa shape index (κ1) is 18.9. The molecule has 0 aliphatic carbocycles. The molecule has 1 aliphatic heterocycles. The van der Waals surface area contributed by atoms with Crippen LogP contribution < -0.4 is 10.2 Å². The molecule has 1 saturated heterocycles. The van der Waals surface area contributed by atoms with Crippen molar-refractivity contribution in [3.63, 3.8) is 0 Å². The highest BCUT2D eigenvalue weighted by Crippen LogP contribution is 2.24. The maximum Gasteiger partial charge on any atom is 0.322 e. The number of aromatic nitrogens is 1. The van der Waals surface area contributed by atoms with E-state index in [9.17, 15) is 9.59 Å². The molecule has 142 valence electrons. The number of carbonyl (C=O) groups excluding carboxylic acids is 2. The number of benzene rings is 1. The number of nitrogens with one attached hydrogen (secondary N) is 1. The number of aryl methyl sites for hydroxylation is 1. The average Bonchev–Trinajstić information content (AvgIpc) is 3.07. The van der Waals surface area contributed by atoms with Crippen LogP contribution in [0.1, 0.15) is 35.5 Å². The molecule has 1 fully saturated rings. The van der Waals surface area contributed by atoms with Crippen molar-refractivity contribution in [3.8, 4) is 0 Å². The van der Waals surface area contributed by atoms with Gasteiger partial charge in [0.2, 0.25) is 0 Å². The van der Waals surface area contributed by atoms with Crippen molar-refractivity contribution in [1.29, 1.82) is 0 Å². The van der Waals surface area contributed by atoms with Crippen molar-refractivity contribution >= 4 is 17.6 Å². The molecule has 3 rings (SSSR count). The smallest absolute Gasteiger partial charge is 0.322 e. The van der Waals surface area contributed by atoms with Crippen molar-refractivity contribution in [1.82, 2.24) is 15.2 Å². The third kappa shape index (κ3) is 4.45. The van der Waals surface area contributed by atoms with E-state index in [-0.39, 0.29) is 11.9 Å². The molecular formula is C21H26N4O2. The summed E-state index contributed by atoms with van der Waals surface area (Å²) in [4.78, 5) is 33.1. The first-order chi connectivity index (χ1) is 13.0. The van der Waals surface area contributed by atoms with E-state index in [0.29, 0.717) is 37.7 Å². The summed E-state index contributed by atoms with van der Waals surface area (Å²) in [6.07, 6.45) is 1.74. The number of pyridine rings is 1. The number of rotatable bonds is 6. The topological polar surface area (TPSA) is 65.5 Å². The lowest BCUT2D eigenvalue weighted by atomic mass is 10.1. The second-order valence-electron chi connectivity index (χ2n) is 7.29. The Labute approximate surface area is 160 Å². The third-order valence-corrected chi connectivity index (χ3v) is 4.56. The maximum atomic E-state index is 13.2. The lowest BCUT2D eigenvalue weighted by Crippen LogP contribution is -2.34. The molecule has 0 bridgehead atoms. The van der Waals surface area contributed by atoms with Gasteiger partial charge in [-0.1, -0.05) is 26.0 Å². The van der Waals surface area contributed by atoms with Crippen LogP contribution in [-0.4, -0.2) is 41.5 Å². The van der Waals surface area contributed by atoms with Gasteiger partial charge < -0.3 is 10.2 Å². The maximum absolute atomic E-state index is 13.2. The fourth-order valence-electron chi connectivity index (χ4n) is 3.26. The number of anilines is 1. The Hall–Kier alpha value is -2.89. The van der Waals surface area contributed by atoms with E-state index in [0.717, 1.165) is 16.9 Å². The van der Waals surface area contributed by atoms with E-state index < -0.39 is 0 Å². The lowest BCUT2D eigenvalue weighted by Gasteiger charge is -2.25. The summed E-state index contributed by atoms with van der Waals surface area (Å²) in [5.41, 5.74) is 3.21. The zero-order chi connectivity index (χ0) is 19.4. The highest BCUT2D eigenvalue weighted by atomic mass is 16.2. The van der Waals surface area contributed by atoms with Gasteiger partial charge >= 0.3 is 6.03 Å². The van der Waals surface area contributed by atoms with Crippen LogP contribution in [0.3, 0.4) is 0 Å². The zero-order valence-electron chi connectivity index (χ0n) is 16.1. The Kier molecular flexibility index (Phi) is 5.74. The van der Waals surface area contributed by atoms with Gasteiger partial charge in [-0.05, 0) is 42.7 Å². The van der Waals surface area contributed by atoms with E-state index in [1.807, 2.05) is 48.2 Å². The van der Waals surface area contributed by atoms with Crippen LogP contribution in [0.5, 0.6) is 0 Å². The molecule has 0 atom stereocenters. The van der Waals surface area contributed by atoms with Crippen LogP contribution in [0.4, 0.5) is 10.5 Å². The fraction of sp³-hybridized carbons (Fsp3) is 0.381. The summed E-state index contributed by atoms with van der Waals surface area (Å²) in [6, 6.07) is 11.2. The number of hydrogen-bond acceptors (Lipinski definition) is 3. The van der Waals surface area contributed by atoms with E-state index >= 15 is 0 Å². The number of urea groups is 1. The quantitative estimate of drug-likeness (QED) is 0.854. The summed E-state index contributed by atoms with van der Waals surface area (Å²) in [5.74, 6) is 0.294. The van der Waals surface area contributed by atoms with Gasteiger partial charge in [0.1, 0.15) is 0 Å². The Balaban J connectivity index is 1.88. The molecule has 1 N–H and O–H groups in total. The SMILES string of the molecule is Cc1ccc(C(=O)N(Cc2ccccn2)CC(C)C)cc1N1CCNC1=O. The fourth-order valence-corrected chi connectivity index (χ4v) is 3.26. The largest absolute Gasteiger partial charge is 0.336 e. The van der Waals surface area contributed by atoms with Gasteiger partial charge in [0.05, 0.1) is 12.2 Å². The summed E-state index contributed by atoms with van der Waals surface area (Å²) in [7, 11) is 0. The average molecular weight is 366 g/mol. The molecule has 1 aromatic carbocycles. The highest BCUT2D eigenvalue weighted by molar-refractivity contribution is 5.99. The standard InChI is InChI=1S/C21H26N4O2/c1-15(2)13-24(14-18-6-4-5-9-22-18)20(26)17-8-7-16(3)19(12-17)25-11-10-23-21(25)27/h4-9,12,15H,10-11,13-14H2,1-3H3,(H,23,27). The first-order valence-corrected chi connectivity index (χ1v) is 9.31. The van der Waals surface area contributed by atoms with E-state index in [2.05, 4.69) is 24.1 Å². The van der Waals surface area contributed by atoms with Crippen LogP contribution in [0, 0.1) is 12.8 Å². The predicted molar refractivity (Wildman–Crippen MR) is 106 cm³/mol. The minimum atomic E-state index is -0.116. The third-order valence-electron chi connectivity index (χ3n) is 4.56. The molecule has 0 spiro atoms. The van der Waals surface area contributed by atoms with Gasteiger partial charge in [0, 0.05) is 37.1 Å². The number of nitrogens with zero attached hydrogens (tertiary/aromatic N) is 3. The molecule has 2 heterocycles. The second-order valence-corrected chi connectivity index (χ2v) is 7.29. The molecule has 6 heteroatoms. The molecule has 1 aliphatic rings. The Morgan fingerprint density at radius 2 is 2.11 bits per heavy atom. The number of carbonyl (C=O) groups is 2. The van der Waals surface area contributed by atoms with Crippen molar-refractivity contribution in [3.05, 3.63) is 59.4 Å². The van der Waals surface area contributed by atoms with Gasteiger partial charge in [-0.15, -0.1) is 0 Å². The minimum absolute atomic E-state index is 0.0461. The van der Waals surface area contributed by atoms with E-state index in [1.54, 1.807) is 11.1 Å². The van der Waals surface area contributed by atoms with Crippen molar-refractivity contribution < 1.29 is 9.59 Å². The zero-order valence-corrected chi connectivity index (χ0v) is 16.1. The van der Waals surface area contributed by atoms with Gasteiger partial charge in [-0.25, -0.2) is 4.79 Å². The Morgan fingerprint density at radius 1 is 1.30 bits per heavy atom. The molecule has 0 saturated carbocycles. The van der Waals surface area contributed by atoms with Crippen LogP contribution in [0.25, 0.3) is 0 Å². The van der Waals surface area contributed by atoms with Crippen LogP contribution in [-0.2, 0) is 6.54 Å². The molecule has 27 heavy (non-hydrogen) atoms. The molecule has 2 aromatic rings. The first-order valence-electron chi connectivity index (χ1n) is 9.31. The predicted octanol–water partition coefficient (Wildman–Crippen LogP) is 3.22. The highest BCUT2D eigenvalue weighted by Gasteiger charge is 2.25. The normalized spacial score (nSPS) is 13.8. The summed E-state index contributed by atoms with van der Waals surface area (Å²) in [5, 5.41) is 2.81. The van der Waals surface area contributed by atoms with Gasteiger partial charge in [-0.3, -0.25) is 14.7 Å². The second kappa shape index (κ2) is 8.20. The molecule has 3 amide bonds. The van der Waals surface area contributed by atoms with Crippen molar-refractivity contribution in [2.45, 2.75) is 27.3 Å². The summed E-state index contributed by atoms with van der Waals surface area (Å²) in [6.45, 7) is 8.47. The number of hydrogen-bond donors (Lipinski definition) is 1. The van der Waals surface area contributed by atoms with Crippen molar-refractivity contribution in [2.75, 3.05) is 24.5 Å². The van der Waals surface area contributed by atoms with Gasteiger partial charge in [0.25, 0.3) is 5.91 Å². The van der Waals surface area contributed by atoms with Gasteiger partial charge in [0.15, 0.2) is 0 Å². The molecule has 0 radical (unpaired) electrons. The Morgan fingerprint density at radius 3 is 2.74 bits per heavy atom. The van der Waals surface area contributed by atoms with Crippen LogP contribution in [0.2, 0.25) is 0 Å². The molecular weight excluding hydrogens is 340 g/mol. The lowest BCUT2D eigenvalue weighted by molar-refractivity contribution is 0.0720. The van der Waals surface area contributed by atoms with Crippen LogP contribution in [0.15, 0.2) is 42.6 Å². The molecule has 1 aromatic heterocycles.